The number of ether oxygens (including phenoxy) is 2. The fourth-order valence-corrected chi connectivity index (χ4v) is 2.88. The van der Waals surface area contributed by atoms with Crippen LogP contribution in [0.1, 0.15) is 40.0 Å². The van der Waals surface area contributed by atoms with Gasteiger partial charge in [0.25, 0.3) is 0 Å². The third-order valence-electron chi connectivity index (χ3n) is 3.85. The fourth-order valence-electron chi connectivity index (χ4n) is 2.88. The Labute approximate surface area is 122 Å². The van der Waals surface area contributed by atoms with Crippen LogP contribution in [0.2, 0.25) is 0 Å². The molecule has 0 aromatic rings. The Morgan fingerprint density at radius 2 is 2.00 bits per heavy atom. The van der Waals surface area contributed by atoms with E-state index in [1.54, 1.807) is 0 Å². The molecule has 0 bridgehead atoms. The summed E-state index contributed by atoms with van der Waals surface area (Å²) >= 11 is 0. The van der Waals surface area contributed by atoms with Crippen molar-refractivity contribution in [2.75, 3.05) is 32.8 Å². The lowest BCUT2D eigenvalue weighted by atomic mass is 10.00. The van der Waals surface area contributed by atoms with Crippen molar-refractivity contribution in [2.24, 2.45) is 5.92 Å². The Bertz CT molecular complexity index is 322. The minimum absolute atomic E-state index is 0.227. The first kappa shape index (κ1) is 15.6. The van der Waals surface area contributed by atoms with Gasteiger partial charge in [0.1, 0.15) is 5.60 Å². The molecule has 2 fully saturated rings. The highest BCUT2D eigenvalue weighted by molar-refractivity contribution is 5.68. The highest BCUT2D eigenvalue weighted by Crippen LogP contribution is 2.19. The number of rotatable bonds is 3. The Balaban J connectivity index is 1.68. The second-order valence-electron chi connectivity index (χ2n) is 6.95. The van der Waals surface area contributed by atoms with Crippen LogP contribution in [0.3, 0.4) is 0 Å². The van der Waals surface area contributed by atoms with Crippen molar-refractivity contribution >= 4 is 6.09 Å². The van der Waals surface area contributed by atoms with Gasteiger partial charge in [-0.3, -0.25) is 0 Å². The van der Waals surface area contributed by atoms with Gasteiger partial charge in [0.2, 0.25) is 0 Å². The number of nitrogens with one attached hydrogen (secondary N) is 1. The van der Waals surface area contributed by atoms with Gasteiger partial charge >= 0.3 is 6.09 Å². The minimum Gasteiger partial charge on any atom is -0.444 e. The molecule has 2 aliphatic heterocycles. The molecule has 5 heteroatoms. The smallest absolute Gasteiger partial charge is 0.407 e. The van der Waals surface area contributed by atoms with Gasteiger partial charge < -0.3 is 19.7 Å². The highest BCUT2D eigenvalue weighted by atomic mass is 16.6. The van der Waals surface area contributed by atoms with E-state index < -0.39 is 5.60 Å². The van der Waals surface area contributed by atoms with Crippen molar-refractivity contribution in [3.63, 3.8) is 0 Å². The van der Waals surface area contributed by atoms with Crippen molar-refractivity contribution in [3.8, 4) is 0 Å². The third kappa shape index (κ3) is 5.29. The van der Waals surface area contributed by atoms with Gasteiger partial charge in [-0.25, -0.2) is 4.79 Å². The molecule has 0 aliphatic carbocycles. The molecule has 5 nitrogen and oxygen atoms in total. The first-order valence-electron chi connectivity index (χ1n) is 7.72. The first-order chi connectivity index (χ1) is 9.42. The van der Waals surface area contributed by atoms with Crippen LogP contribution in [-0.2, 0) is 9.47 Å². The van der Waals surface area contributed by atoms with Crippen molar-refractivity contribution in [1.82, 2.24) is 10.2 Å². The van der Waals surface area contributed by atoms with Crippen LogP contribution in [0.5, 0.6) is 0 Å². The number of alkyl carbamates (subject to hydrolysis) is 1. The van der Waals surface area contributed by atoms with Crippen LogP contribution in [0.4, 0.5) is 4.79 Å². The molecule has 2 saturated heterocycles. The molecule has 1 N–H and O–H groups in total. The number of likely N-dealkylation sites (tertiary alicyclic amines) is 1. The number of amides is 1. The maximum absolute atomic E-state index is 11.7. The number of hydrogen-bond acceptors (Lipinski definition) is 4. The predicted octanol–water partition coefficient (Wildman–Crippen LogP) is 2.01. The molecular weight excluding hydrogens is 256 g/mol. The largest absolute Gasteiger partial charge is 0.444 e. The van der Waals surface area contributed by atoms with E-state index in [-0.39, 0.29) is 12.1 Å². The maximum Gasteiger partial charge on any atom is 0.407 e. The fraction of sp³-hybridized carbons (Fsp3) is 0.933. The van der Waals surface area contributed by atoms with E-state index in [2.05, 4.69) is 10.2 Å². The molecule has 0 spiro atoms. The average molecular weight is 284 g/mol. The zero-order valence-corrected chi connectivity index (χ0v) is 13.0. The Morgan fingerprint density at radius 3 is 2.65 bits per heavy atom. The van der Waals surface area contributed by atoms with Crippen molar-refractivity contribution in [2.45, 2.75) is 51.7 Å². The third-order valence-corrected chi connectivity index (χ3v) is 3.85. The zero-order valence-electron chi connectivity index (χ0n) is 13.0. The summed E-state index contributed by atoms with van der Waals surface area (Å²) in [5.74, 6) is 0.754. The number of hydrogen-bond donors (Lipinski definition) is 1. The van der Waals surface area contributed by atoms with Crippen LogP contribution < -0.4 is 5.32 Å². The van der Waals surface area contributed by atoms with Gasteiger partial charge in [0, 0.05) is 38.9 Å². The summed E-state index contributed by atoms with van der Waals surface area (Å²) in [7, 11) is 0. The molecule has 0 aromatic carbocycles. The quantitative estimate of drug-likeness (QED) is 0.861. The normalized spacial score (nSPS) is 25.6. The molecule has 2 rings (SSSR count). The van der Waals surface area contributed by atoms with E-state index in [1.807, 2.05) is 20.8 Å². The molecule has 0 unspecified atom stereocenters. The van der Waals surface area contributed by atoms with Gasteiger partial charge in [-0.1, -0.05) is 0 Å². The van der Waals surface area contributed by atoms with Gasteiger partial charge in [-0.15, -0.1) is 0 Å². The number of carbonyl (C=O) groups excluding carboxylic acids is 1. The molecule has 0 saturated carbocycles. The molecule has 2 heterocycles. The molecule has 116 valence electrons. The van der Waals surface area contributed by atoms with E-state index in [4.69, 9.17) is 9.47 Å². The highest BCUT2D eigenvalue weighted by Gasteiger charge is 2.27. The summed E-state index contributed by atoms with van der Waals surface area (Å²) in [5, 5.41) is 2.98. The monoisotopic (exact) mass is 284 g/mol. The molecule has 0 aromatic heterocycles. The molecule has 1 atom stereocenters. The second kappa shape index (κ2) is 6.76. The maximum atomic E-state index is 11.7. The standard InChI is InChI=1S/C15H28N2O3/c1-15(2,3)20-14(18)16-13-4-7-17(11-13)10-12-5-8-19-9-6-12/h12-13H,4-11H2,1-3H3,(H,16,18)/t13-/m1/s1. The number of carbonyl (C=O) groups is 1. The van der Waals surface area contributed by atoms with Crippen LogP contribution in [-0.4, -0.2) is 55.5 Å². The van der Waals surface area contributed by atoms with Crippen LogP contribution in [0, 0.1) is 5.92 Å². The van der Waals surface area contributed by atoms with Crippen molar-refractivity contribution < 1.29 is 14.3 Å². The van der Waals surface area contributed by atoms with Crippen molar-refractivity contribution in [3.05, 3.63) is 0 Å². The van der Waals surface area contributed by atoms with E-state index in [0.717, 1.165) is 45.2 Å². The predicted molar refractivity (Wildman–Crippen MR) is 77.8 cm³/mol. The summed E-state index contributed by atoms with van der Waals surface area (Å²) in [4.78, 5) is 14.2. The van der Waals surface area contributed by atoms with E-state index >= 15 is 0 Å². The molecule has 20 heavy (non-hydrogen) atoms. The summed E-state index contributed by atoms with van der Waals surface area (Å²) in [6.07, 6.45) is 3.06. The topological polar surface area (TPSA) is 50.8 Å². The summed E-state index contributed by atoms with van der Waals surface area (Å²) in [6, 6.07) is 0.227. The van der Waals surface area contributed by atoms with E-state index in [0.29, 0.717) is 0 Å². The van der Waals surface area contributed by atoms with Gasteiger partial charge in [-0.2, -0.15) is 0 Å². The Kier molecular flexibility index (Phi) is 5.27. The molecule has 0 radical (unpaired) electrons. The summed E-state index contributed by atoms with van der Waals surface area (Å²) < 4.78 is 10.7. The lowest BCUT2D eigenvalue weighted by Crippen LogP contribution is -2.41. The van der Waals surface area contributed by atoms with Crippen LogP contribution in [0.15, 0.2) is 0 Å². The zero-order chi connectivity index (χ0) is 14.6. The average Bonchev–Trinajstić information content (AvgIpc) is 2.75. The van der Waals surface area contributed by atoms with Gasteiger partial charge in [-0.05, 0) is 46.0 Å². The van der Waals surface area contributed by atoms with Gasteiger partial charge in [0.05, 0.1) is 0 Å². The Hall–Kier alpha value is -0.810. The van der Waals surface area contributed by atoms with Gasteiger partial charge in [0.15, 0.2) is 0 Å². The molecule has 2 aliphatic rings. The lowest BCUT2D eigenvalue weighted by molar-refractivity contribution is 0.0495. The SMILES string of the molecule is CC(C)(C)OC(=O)N[C@@H]1CCN(CC2CCOCC2)C1. The van der Waals surface area contributed by atoms with E-state index in [9.17, 15) is 4.79 Å². The van der Waals surface area contributed by atoms with Crippen LogP contribution in [0.25, 0.3) is 0 Å². The molecule has 1 amide bonds. The second-order valence-corrected chi connectivity index (χ2v) is 6.95. The first-order valence-corrected chi connectivity index (χ1v) is 7.72. The van der Waals surface area contributed by atoms with Crippen LogP contribution >= 0.6 is 0 Å². The lowest BCUT2D eigenvalue weighted by Gasteiger charge is -2.27. The number of nitrogens with zero attached hydrogens (tertiary/aromatic N) is 1. The minimum atomic E-state index is -0.426. The van der Waals surface area contributed by atoms with E-state index in [1.165, 1.54) is 12.8 Å². The summed E-state index contributed by atoms with van der Waals surface area (Å²) in [6.45, 7) is 10.6. The van der Waals surface area contributed by atoms with Crippen molar-refractivity contribution in [1.29, 1.82) is 0 Å². The Morgan fingerprint density at radius 1 is 1.30 bits per heavy atom. The summed E-state index contributed by atoms with van der Waals surface area (Å²) in [5.41, 5.74) is -0.426. The molecular formula is C15H28N2O3.